The van der Waals surface area contributed by atoms with Crippen LogP contribution in [0.15, 0.2) is 0 Å². The number of likely N-dealkylation sites (tertiary alicyclic amines) is 2. The van der Waals surface area contributed by atoms with Crippen LogP contribution in [-0.4, -0.2) is 61.5 Å². The molecule has 0 aromatic rings. The van der Waals surface area contributed by atoms with Gasteiger partial charge in [-0.3, -0.25) is 4.79 Å². The molecule has 2 fully saturated rings. The zero-order chi connectivity index (χ0) is 15.0. The molecule has 0 saturated carbocycles. The molecule has 1 N–H and O–H groups in total. The first-order valence-electron chi connectivity index (χ1n) is 8.34. The maximum absolute atomic E-state index is 11.3. The lowest BCUT2D eigenvalue weighted by Crippen LogP contribution is -2.45. The van der Waals surface area contributed by atoms with Crippen LogP contribution in [0.3, 0.4) is 0 Å². The maximum atomic E-state index is 11.3. The second kappa shape index (κ2) is 9.35. The summed E-state index contributed by atoms with van der Waals surface area (Å²) in [4.78, 5) is 15.9. The number of nitrogens with zero attached hydrogens (tertiary/aromatic N) is 2. The van der Waals surface area contributed by atoms with Crippen molar-refractivity contribution >= 4 is 5.91 Å². The molecule has 0 aromatic heterocycles. The molecule has 4 heteroatoms. The minimum atomic E-state index is 0.239. The van der Waals surface area contributed by atoms with E-state index in [1.54, 1.807) is 6.92 Å². The number of hydrogen-bond donors (Lipinski definition) is 1. The summed E-state index contributed by atoms with van der Waals surface area (Å²) in [6, 6.07) is 0.723. The van der Waals surface area contributed by atoms with Gasteiger partial charge in [0.05, 0.1) is 0 Å². The van der Waals surface area contributed by atoms with Crippen molar-refractivity contribution in [2.45, 2.75) is 52.5 Å². The van der Waals surface area contributed by atoms with Crippen LogP contribution in [0, 0.1) is 5.92 Å². The van der Waals surface area contributed by atoms with E-state index in [0.29, 0.717) is 0 Å². The minimum absolute atomic E-state index is 0.239. The van der Waals surface area contributed by atoms with Crippen molar-refractivity contribution in [3.63, 3.8) is 0 Å². The Morgan fingerprint density at radius 3 is 2.05 bits per heavy atom. The van der Waals surface area contributed by atoms with Crippen LogP contribution >= 0.6 is 0 Å². The van der Waals surface area contributed by atoms with E-state index in [4.69, 9.17) is 0 Å². The summed E-state index contributed by atoms with van der Waals surface area (Å²) in [6.45, 7) is 11.3. The van der Waals surface area contributed by atoms with E-state index in [-0.39, 0.29) is 5.91 Å². The average Bonchev–Trinajstić information content (AvgIpc) is 2.50. The second-order valence-electron chi connectivity index (χ2n) is 5.81. The largest absolute Gasteiger partial charge is 0.343 e. The quantitative estimate of drug-likeness (QED) is 0.860. The molecule has 2 saturated heterocycles. The summed E-state index contributed by atoms with van der Waals surface area (Å²) in [5, 5.41) is 3.38. The molecule has 0 radical (unpaired) electrons. The van der Waals surface area contributed by atoms with Gasteiger partial charge in [-0.1, -0.05) is 13.8 Å². The molecule has 0 atom stereocenters. The van der Waals surface area contributed by atoms with E-state index in [1.807, 2.05) is 18.7 Å². The van der Waals surface area contributed by atoms with E-state index in [0.717, 1.165) is 25.0 Å². The summed E-state index contributed by atoms with van der Waals surface area (Å²) in [6.07, 6.45) is 4.93. The second-order valence-corrected chi connectivity index (χ2v) is 5.81. The van der Waals surface area contributed by atoms with Crippen molar-refractivity contribution in [3.8, 4) is 0 Å². The third-order valence-electron chi connectivity index (χ3n) is 4.57. The van der Waals surface area contributed by atoms with Gasteiger partial charge < -0.3 is 15.1 Å². The molecule has 20 heavy (non-hydrogen) atoms. The van der Waals surface area contributed by atoms with Gasteiger partial charge in [0, 0.05) is 32.6 Å². The van der Waals surface area contributed by atoms with Gasteiger partial charge in [0.1, 0.15) is 0 Å². The summed E-state index contributed by atoms with van der Waals surface area (Å²) < 4.78 is 0. The fraction of sp³-hybridized carbons (Fsp3) is 0.938. The Morgan fingerprint density at radius 2 is 1.60 bits per heavy atom. The zero-order valence-corrected chi connectivity index (χ0v) is 13.8. The third-order valence-corrected chi connectivity index (χ3v) is 4.57. The van der Waals surface area contributed by atoms with Crippen LogP contribution < -0.4 is 5.32 Å². The molecule has 0 bridgehead atoms. The standard InChI is InChI=1S/C14H27N3O.C2H6/c1-12(18)17-9-3-13(4-10-17)11-16-7-5-14(15-2)6-8-16;1-2/h13-15H,3-11H2,1-2H3;1-2H3. The van der Waals surface area contributed by atoms with E-state index in [2.05, 4.69) is 17.3 Å². The molecule has 0 aliphatic carbocycles. The summed E-state index contributed by atoms with van der Waals surface area (Å²) in [5.41, 5.74) is 0. The lowest BCUT2D eigenvalue weighted by molar-refractivity contribution is -0.130. The number of amides is 1. The van der Waals surface area contributed by atoms with E-state index in [9.17, 15) is 4.79 Å². The van der Waals surface area contributed by atoms with Crippen LogP contribution in [-0.2, 0) is 4.79 Å². The molecule has 2 heterocycles. The Hall–Kier alpha value is -0.610. The van der Waals surface area contributed by atoms with Crippen molar-refractivity contribution < 1.29 is 4.79 Å². The van der Waals surface area contributed by atoms with Crippen LogP contribution in [0.5, 0.6) is 0 Å². The molecular formula is C16H33N3O. The lowest BCUT2D eigenvalue weighted by Gasteiger charge is -2.37. The summed E-state index contributed by atoms with van der Waals surface area (Å²) in [5.74, 6) is 1.04. The van der Waals surface area contributed by atoms with Gasteiger partial charge in [-0.2, -0.15) is 0 Å². The van der Waals surface area contributed by atoms with Crippen LogP contribution in [0.1, 0.15) is 46.5 Å². The van der Waals surface area contributed by atoms with Crippen LogP contribution in [0.2, 0.25) is 0 Å². The number of nitrogens with one attached hydrogen (secondary N) is 1. The van der Waals surface area contributed by atoms with Gasteiger partial charge in [-0.15, -0.1) is 0 Å². The van der Waals surface area contributed by atoms with E-state index in [1.165, 1.54) is 45.3 Å². The van der Waals surface area contributed by atoms with Crippen LogP contribution in [0.4, 0.5) is 0 Å². The fourth-order valence-electron chi connectivity index (χ4n) is 3.20. The molecule has 118 valence electrons. The minimum Gasteiger partial charge on any atom is -0.343 e. The van der Waals surface area contributed by atoms with Gasteiger partial charge in [0.15, 0.2) is 0 Å². The topological polar surface area (TPSA) is 35.6 Å². The summed E-state index contributed by atoms with van der Waals surface area (Å²) >= 11 is 0. The van der Waals surface area contributed by atoms with Gasteiger partial charge in [0.25, 0.3) is 0 Å². The van der Waals surface area contributed by atoms with Crippen molar-refractivity contribution in [1.82, 2.24) is 15.1 Å². The molecule has 1 amide bonds. The SMILES string of the molecule is CC.CNC1CCN(CC2CCN(C(C)=O)CC2)CC1. The molecule has 2 rings (SSSR count). The molecular weight excluding hydrogens is 250 g/mol. The summed E-state index contributed by atoms with van der Waals surface area (Å²) in [7, 11) is 2.07. The van der Waals surface area contributed by atoms with E-state index < -0.39 is 0 Å². The van der Waals surface area contributed by atoms with Crippen molar-refractivity contribution in [3.05, 3.63) is 0 Å². The maximum Gasteiger partial charge on any atom is 0.219 e. The lowest BCUT2D eigenvalue weighted by atomic mass is 9.94. The molecule has 2 aliphatic rings. The highest BCUT2D eigenvalue weighted by Crippen LogP contribution is 2.20. The Bertz CT molecular complexity index is 267. The van der Waals surface area contributed by atoms with Gasteiger partial charge in [-0.05, 0) is 51.7 Å². The molecule has 2 aliphatic heterocycles. The Morgan fingerprint density at radius 1 is 1.05 bits per heavy atom. The first-order chi connectivity index (χ1) is 9.69. The number of piperidine rings is 2. The highest BCUT2D eigenvalue weighted by atomic mass is 16.2. The van der Waals surface area contributed by atoms with Gasteiger partial charge >= 0.3 is 0 Å². The highest BCUT2D eigenvalue weighted by molar-refractivity contribution is 5.73. The zero-order valence-electron chi connectivity index (χ0n) is 13.8. The van der Waals surface area contributed by atoms with E-state index >= 15 is 0 Å². The molecule has 4 nitrogen and oxygen atoms in total. The molecule has 0 spiro atoms. The predicted octanol–water partition coefficient (Wildman–Crippen LogP) is 1.95. The van der Waals surface area contributed by atoms with Gasteiger partial charge in [0.2, 0.25) is 5.91 Å². The monoisotopic (exact) mass is 283 g/mol. The molecule has 0 unspecified atom stereocenters. The number of carbonyl (C=O) groups is 1. The van der Waals surface area contributed by atoms with Crippen molar-refractivity contribution in [2.75, 3.05) is 39.8 Å². The van der Waals surface area contributed by atoms with Gasteiger partial charge in [-0.25, -0.2) is 0 Å². The number of rotatable bonds is 3. The van der Waals surface area contributed by atoms with Crippen molar-refractivity contribution in [1.29, 1.82) is 0 Å². The predicted molar refractivity (Wildman–Crippen MR) is 84.8 cm³/mol. The van der Waals surface area contributed by atoms with Crippen LogP contribution in [0.25, 0.3) is 0 Å². The smallest absolute Gasteiger partial charge is 0.219 e. The fourth-order valence-corrected chi connectivity index (χ4v) is 3.20. The normalized spacial score (nSPS) is 22.3. The number of carbonyl (C=O) groups excluding carboxylic acids is 1. The van der Waals surface area contributed by atoms with Crippen molar-refractivity contribution in [2.24, 2.45) is 5.92 Å². The molecule has 0 aromatic carbocycles. The third kappa shape index (κ3) is 5.41. The number of hydrogen-bond acceptors (Lipinski definition) is 3. The Kier molecular flexibility index (Phi) is 8.15. The Balaban J connectivity index is 0.000000956. The first kappa shape index (κ1) is 17.4. The highest BCUT2D eigenvalue weighted by Gasteiger charge is 2.24. The first-order valence-corrected chi connectivity index (χ1v) is 8.34. The Labute approximate surface area is 124 Å². The average molecular weight is 283 g/mol.